The Hall–Kier alpha value is -1.14. The zero-order chi connectivity index (χ0) is 18.2. The van der Waals surface area contributed by atoms with Crippen molar-refractivity contribution in [3.8, 4) is 0 Å². The highest BCUT2D eigenvalue weighted by molar-refractivity contribution is 5.82. The number of amides is 2. The fourth-order valence-corrected chi connectivity index (χ4v) is 3.32. The first-order chi connectivity index (χ1) is 12.0. The first kappa shape index (κ1) is 20.2. The standard InChI is InChI=1S/C19H36N4O2/c1-4-5-6-7-15(2)20-18(24)14-22-10-12-23(13-11-22)16(3)19(25)21-17-8-9-17/h15-17H,4-14H2,1-3H3,(H,20,24)(H,21,25). The van der Waals surface area contributed by atoms with Gasteiger partial charge in [0.15, 0.2) is 0 Å². The molecule has 1 heterocycles. The summed E-state index contributed by atoms with van der Waals surface area (Å²) in [4.78, 5) is 28.7. The van der Waals surface area contributed by atoms with Gasteiger partial charge in [-0.05, 0) is 33.1 Å². The first-order valence-electron chi connectivity index (χ1n) is 10.1. The van der Waals surface area contributed by atoms with Crippen molar-refractivity contribution in [2.24, 2.45) is 0 Å². The maximum absolute atomic E-state index is 12.2. The van der Waals surface area contributed by atoms with Crippen LogP contribution in [0.4, 0.5) is 0 Å². The molecule has 0 aromatic carbocycles. The first-order valence-corrected chi connectivity index (χ1v) is 10.1. The van der Waals surface area contributed by atoms with E-state index in [1.54, 1.807) is 0 Å². The maximum Gasteiger partial charge on any atom is 0.237 e. The second-order valence-corrected chi connectivity index (χ2v) is 7.74. The van der Waals surface area contributed by atoms with Crippen LogP contribution in [0, 0.1) is 0 Å². The van der Waals surface area contributed by atoms with Crippen LogP contribution in [0.1, 0.15) is 59.3 Å². The molecule has 2 amide bonds. The van der Waals surface area contributed by atoms with Gasteiger partial charge < -0.3 is 10.6 Å². The van der Waals surface area contributed by atoms with Crippen LogP contribution >= 0.6 is 0 Å². The molecule has 6 nitrogen and oxygen atoms in total. The van der Waals surface area contributed by atoms with Gasteiger partial charge in [0, 0.05) is 38.3 Å². The van der Waals surface area contributed by atoms with Crippen molar-refractivity contribution in [3.05, 3.63) is 0 Å². The van der Waals surface area contributed by atoms with E-state index in [0.29, 0.717) is 12.6 Å². The minimum Gasteiger partial charge on any atom is -0.353 e. The molecule has 6 heteroatoms. The summed E-state index contributed by atoms with van der Waals surface area (Å²) >= 11 is 0. The average molecular weight is 353 g/mol. The molecule has 0 aromatic rings. The predicted octanol–water partition coefficient (Wildman–Crippen LogP) is 1.36. The van der Waals surface area contributed by atoms with Gasteiger partial charge in [-0.3, -0.25) is 19.4 Å². The molecule has 1 saturated heterocycles. The summed E-state index contributed by atoms with van der Waals surface area (Å²) in [5.41, 5.74) is 0. The number of nitrogens with zero attached hydrogens (tertiary/aromatic N) is 2. The molecule has 2 atom stereocenters. The topological polar surface area (TPSA) is 64.7 Å². The average Bonchev–Trinajstić information content (AvgIpc) is 3.39. The van der Waals surface area contributed by atoms with Crippen molar-refractivity contribution in [2.75, 3.05) is 32.7 Å². The van der Waals surface area contributed by atoms with Gasteiger partial charge in [0.25, 0.3) is 0 Å². The third-order valence-corrected chi connectivity index (χ3v) is 5.27. The summed E-state index contributed by atoms with van der Waals surface area (Å²) < 4.78 is 0. The molecule has 144 valence electrons. The van der Waals surface area contributed by atoms with Gasteiger partial charge in [0.2, 0.25) is 11.8 Å². The second-order valence-electron chi connectivity index (χ2n) is 7.74. The van der Waals surface area contributed by atoms with Crippen LogP contribution in [0.3, 0.4) is 0 Å². The van der Waals surface area contributed by atoms with E-state index in [4.69, 9.17) is 0 Å². The van der Waals surface area contributed by atoms with Crippen molar-refractivity contribution in [2.45, 2.75) is 77.4 Å². The molecule has 0 bridgehead atoms. The molecule has 0 spiro atoms. The van der Waals surface area contributed by atoms with Gasteiger partial charge in [0.05, 0.1) is 12.6 Å². The van der Waals surface area contributed by atoms with E-state index in [1.807, 2.05) is 6.92 Å². The van der Waals surface area contributed by atoms with Crippen LogP contribution in [0.15, 0.2) is 0 Å². The van der Waals surface area contributed by atoms with Gasteiger partial charge in [-0.25, -0.2) is 0 Å². The van der Waals surface area contributed by atoms with Gasteiger partial charge >= 0.3 is 0 Å². The highest BCUT2D eigenvalue weighted by atomic mass is 16.2. The van der Waals surface area contributed by atoms with Crippen LogP contribution in [-0.4, -0.2) is 72.5 Å². The van der Waals surface area contributed by atoms with Crippen LogP contribution < -0.4 is 10.6 Å². The Morgan fingerprint density at radius 1 is 1.08 bits per heavy atom. The van der Waals surface area contributed by atoms with Crippen LogP contribution in [0.2, 0.25) is 0 Å². The molecule has 0 radical (unpaired) electrons. The van der Waals surface area contributed by atoms with Gasteiger partial charge in [0.1, 0.15) is 0 Å². The third kappa shape index (κ3) is 7.32. The maximum atomic E-state index is 12.2. The Morgan fingerprint density at radius 3 is 2.36 bits per heavy atom. The minimum absolute atomic E-state index is 0.0739. The van der Waals surface area contributed by atoms with Crippen LogP contribution in [-0.2, 0) is 9.59 Å². The monoisotopic (exact) mass is 352 g/mol. The minimum atomic E-state index is -0.0739. The lowest BCUT2D eigenvalue weighted by atomic mass is 10.1. The summed E-state index contributed by atoms with van der Waals surface area (Å²) in [5.74, 6) is 0.270. The Bertz CT molecular complexity index is 431. The number of hydrogen-bond acceptors (Lipinski definition) is 4. The Kier molecular flexibility index (Phi) is 8.16. The summed E-state index contributed by atoms with van der Waals surface area (Å²) in [6.45, 7) is 10.1. The molecule has 1 aliphatic carbocycles. The molecule has 2 rings (SSSR count). The molecular formula is C19H36N4O2. The molecule has 2 unspecified atom stereocenters. The van der Waals surface area contributed by atoms with E-state index >= 15 is 0 Å². The molecule has 0 aromatic heterocycles. The summed E-state index contributed by atoms with van der Waals surface area (Å²) in [6.07, 6.45) is 6.92. The van der Waals surface area contributed by atoms with Crippen molar-refractivity contribution in [1.82, 2.24) is 20.4 Å². The molecule has 1 aliphatic heterocycles. The zero-order valence-electron chi connectivity index (χ0n) is 16.2. The molecule has 2 fully saturated rings. The number of nitrogens with one attached hydrogen (secondary N) is 2. The van der Waals surface area contributed by atoms with Crippen molar-refractivity contribution < 1.29 is 9.59 Å². The number of carbonyl (C=O) groups is 2. The lowest BCUT2D eigenvalue weighted by Gasteiger charge is -2.37. The number of unbranched alkanes of at least 4 members (excludes halogenated alkanes) is 2. The quantitative estimate of drug-likeness (QED) is 0.583. The Labute approximate surface area is 152 Å². The number of hydrogen-bond donors (Lipinski definition) is 2. The van der Waals surface area contributed by atoms with Gasteiger partial charge in [-0.1, -0.05) is 26.2 Å². The summed E-state index contributed by atoms with van der Waals surface area (Å²) in [7, 11) is 0. The van der Waals surface area contributed by atoms with Crippen LogP contribution in [0.25, 0.3) is 0 Å². The second kappa shape index (κ2) is 10.1. The lowest BCUT2D eigenvalue weighted by Crippen LogP contribution is -2.55. The van der Waals surface area contributed by atoms with Gasteiger partial charge in [-0.2, -0.15) is 0 Å². The zero-order valence-corrected chi connectivity index (χ0v) is 16.2. The molecule has 2 N–H and O–H groups in total. The third-order valence-electron chi connectivity index (χ3n) is 5.27. The predicted molar refractivity (Wildman–Crippen MR) is 100 cm³/mol. The largest absolute Gasteiger partial charge is 0.353 e. The fourth-order valence-electron chi connectivity index (χ4n) is 3.32. The molecule has 1 saturated carbocycles. The van der Waals surface area contributed by atoms with Crippen molar-refractivity contribution in [1.29, 1.82) is 0 Å². The highest BCUT2D eigenvalue weighted by Crippen LogP contribution is 2.19. The summed E-state index contributed by atoms with van der Waals surface area (Å²) in [6, 6.07) is 0.598. The Morgan fingerprint density at radius 2 is 1.76 bits per heavy atom. The molecule has 25 heavy (non-hydrogen) atoms. The van der Waals surface area contributed by atoms with Crippen LogP contribution in [0.5, 0.6) is 0 Å². The van der Waals surface area contributed by atoms with Crippen molar-refractivity contribution >= 4 is 11.8 Å². The Balaban J connectivity index is 1.62. The van der Waals surface area contributed by atoms with E-state index < -0.39 is 0 Å². The lowest BCUT2D eigenvalue weighted by molar-refractivity contribution is -0.128. The van der Waals surface area contributed by atoms with Gasteiger partial charge in [-0.15, -0.1) is 0 Å². The SMILES string of the molecule is CCCCCC(C)NC(=O)CN1CCN(C(C)C(=O)NC2CC2)CC1. The van der Waals surface area contributed by atoms with E-state index in [1.165, 1.54) is 19.3 Å². The number of rotatable bonds is 10. The van der Waals surface area contributed by atoms with E-state index in [2.05, 4.69) is 34.3 Å². The normalized spacial score (nSPS) is 21.6. The number of carbonyl (C=O) groups excluding carboxylic acids is 2. The smallest absolute Gasteiger partial charge is 0.237 e. The fraction of sp³-hybridized carbons (Fsp3) is 0.895. The van der Waals surface area contributed by atoms with E-state index in [-0.39, 0.29) is 23.9 Å². The summed E-state index contributed by atoms with van der Waals surface area (Å²) in [5, 5.41) is 6.19. The molecule has 2 aliphatic rings. The van der Waals surface area contributed by atoms with E-state index in [9.17, 15) is 9.59 Å². The number of piperazine rings is 1. The highest BCUT2D eigenvalue weighted by Gasteiger charge is 2.30. The van der Waals surface area contributed by atoms with Crippen molar-refractivity contribution in [3.63, 3.8) is 0 Å². The van der Waals surface area contributed by atoms with E-state index in [0.717, 1.165) is 45.4 Å². The molecular weight excluding hydrogens is 316 g/mol.